The van der Waals surface area contributed by atoms with E-state index in [-0.39, 0.29) is 11.1 Å². The van der Waals surface area contributed by atoms with Crippen LogP contribution in [0.2, 0.25) is 0 Å². The minimum atomic E-state index is -0.316. The molecule has 0 saturated heterocycles. The van der Waals surface area contributed by atoms with Crippen molar-refractivity contribution in [2.45, 2.75) is 39.5 Å². The van der Waals surface area contributed by atoms with Crippen LogP contribution in [-0.2, 0) is 18.9 Å². The van der Waals surface area contributed by atoms with E-state index in [1.165, 1.54) is 4.68 Å². The Morgan fingerprint density at radius 2 is 2.00 bits per heavy atom. The minimum absolute atomic E-state index is 0.269. The Bertz CT molecular complexity index is 1280. The average Bonchev–Trinajstić information content (AvgIpc) is 3.34. The maximum atomic E-state index is 12.4. The highest BCUT2D eigenvalue weighted by Gasteiger charge is 2.21. The van der Waals surface area contributed by atoms with Crippen molar-refractivity contribution in [2.24, 2.45) is 7.05 Å². The van der Waals surface area contributed by atoms with Gasteiger partial charge >= 0.3 is 5.69 Å². The van der Waals surface area contributed by atoms with Crippen LogP contribution < -0.4 is 10.4 Å². The number of aromatic amines is 1. The molecule has 0 aliphatic heterocycles. The van der Waals surface area contributed by atoms with Crippen molar-refractivity contribution in [2.75, 3.05) is 0 Å². The summed E-state index contributed by atoms with van der Waals surface area (Å²) in [6.45, 7) is 7.96. The van der Waals surface area contributed by atoms with Gasteiger partial charge in [0, 0.05) is 36.5 Å². The first-order valence-electron chi connectivity index (χ1n) is 10.1. The number of rotatable bonds is 5. The quantitative estimate of drug-likeness (QED) is 0.532. The van der Waals surface area contributed by atoms with Crippen LogP contribution in [0.1, 0.15) is 39.2 Å². The molecule has 4 aromatic rings. The molecule has 160 valence electrons. The second-order valence-electron chi connectivity index (χ2n) is 8.29. The van der Waals surface area contributed by atoms with Gasteiger partial charge in [-0.1, -0.05) is 27.7 Å². The molecule has 9 heteroatoms. The Labute approximate surface area is 179 Å². The molecule has 0 aromatic carbocycles. The lowest BCUT2D eigenvalue weighted by atomic mass is 9.96. The maximum absolute atomic E-state index is 12.4. The van der Waals surface area contributed by atoms with Crippen LogP contribution in [0.15, 0.2) is 47.7 Å². The molecule has 4 aromatic heterocycles. The summed E-state index contributed by atoms with van der Waals surface area (Å²) in [6.07, 6.45) is 5.98. The van der Waals surface area contributed by atoms with Gasteiger partial charge in [-0.25, -0.2) is 9.78 Å². The van der Waals surface area contributed by atoms with Gasteiger partial charge in [-0.2, -0.15) is 9.78 Å². The molecule has 0 saturated carbocycles. The van der Waals surface area contributed by atoms with Gasteiger partial charge in [0.2, 0.25) is 0 Å². The Hall–Kier alpha value is -3.75. The summed E-state index contributed by atoms with van der Waals surface area (Å²) >= 11 is 0. The van der Waals surface area contributed by atoms with Crippen molar-refractivity contribution < 1.29 is 4.74 Å². The minimum Gasteiger partial charge on any atom is -0.455 e. The monoisotopic (exact) mass is 419 g/mol. The van der Waals surface area contributed by atoms with E-state index in [9.17, 15) is 4.79 Å². The topological polar surface area (TPSA) is 104 Å². The predicted octanol–water partition coefficient (Wildman–Crippen LogP) is 3.40. The van der Waals surface area contributed by atoms with Gasteiger partial charge < -0.3 is 4.74 Å². The van der Waals surface area contributed by atoms with E-state index in [1.54, 1.807) is 29.2 Å². The van der Waals surface area contributed by atoms with Gasteiger partial charge in [0.05, 0.1) is 17.6 Å². The lowest BCUT2D eigenvalue weighted by Crippen LogP contribution is -2.17. The van der Waals surface area contributed by atoms with Crippen molar-refractivity contribution >= 4 is 0 Å². The van der Waals surface area contributed by atoms with Gasteiger partial charge in [-0.05, 0) is 24.6 Å². The molecular weight excluding hydrogens is 394 g/mol. The van der Waals surface area contributed by atoms with Gasteiger partial charge in [-0.15, -0.1) is 5.10 Å². The molecule has 0 aliphatic carbocycles. The summed E-state index contributed by atoms with van der Waals surface area (Å²) in [5, 5.41) is 8.60. The molecule has 0 radical (unpaired) electrons. The molecule has 0 bridgehead atoms. The maximum Gasteiger partial charge on any atom is 0.349 e. The molecule has 31 heavy (non-hydrogen) atoms. The van der Waals surface area contributed by atoms with Crippen molar-refractivity contribution in [1.29, 1.82) is 0 Å². The zero-order chi connectivity index (χ0) is 22.2. The smallest absolute Gasteiger partial charge is 0.349 e. The van der Waals surface area contributed by atoms with Gasteiger partial charge in [-0.3, -0.25) is 14.6 Å². The first kappa shape index (κ1) is 20.5. The van der Waals surface area contributed by atoms with Crippen LogP contribution in [0.4, 0.5) is 0 Å². The van der Waals surface area contributed by atoms with Crippen LogP contribution in [0.3, 0.4) is 0 Å². The van der Waals surface area contributed by atoms with Crippen molar-refractivity contribution in [3.8, 4) is 28.6 Å². The van der Waals surface area contributed by atoms with E-state index >= 15 is 0 Å². The SMILES string of the molecule is CCc1nc(-n2nc(C(C)(C)C)[nH]c2=O)ccc1Oc1ccnc(-c2cnn(C)c2)c1. The van der Waals surface area contributed by atoms with Crippen LogP contribution in [0.5, 0.6) is 11.5 Å². The number of H-pyrrole nitrogens is 1. The number of pyridine rings is 2. The standard InChI is InChI=1S/C22H25N7O2/c1-6-16-18(31-15-9-10-23-17(11-15)14-12-24-28(5)13-14)7-8-19(25-16)29-21(30)26-20(27-29)22(2,3)4/h7-13H,6H2,1-5H3,(H,26,27,30). The Morgan fingerprint density at radius 3 is 2.65 bits per heavy atom. The Balaban J connectivity index is 1.64. The van der Waals surface area contributed by atoms with E-state index in [0.717, 1.165) is 17.0 Å². The molecule has 0 spiro atoms. The van der Waals surface area contributed by atoms with Crippen LogP contribution >= 0.6 is 0 Å². The Morgan fingerprint density at radius 1 is 1.19 bits per heavy atom. The fraction of sp³-hybridized carbons (Fsp3) is 0.318. The van der Waals surface area contributed by atoms with Crippen LogP contribution in [-0.4, -0.2) is 34.5 Å². The number of ether oxygens (including phenoxy) is 1. The summed E-state index contributed by atoms with van der Waals surface area (Å²) in [5.41, 5.74) is 1.82. The summed E-state index contributed by atoms with van der Waals surface area (Å²) in [7, 11) is 1.86. The number of aromatic nitrogens is 7. The highest BCUT2D eigenvalue weighted by molar-refractivity contribution is 5.59. The number of nitrogens with zero attached hydrogens (tertiary/aromatic N) is 6. The van der Waals surface area contributed by atoms with E-state index < -0.39 is 0 Å². The summed E-state index contributed by atoms with van der Waals surface area (Å²) < 4.78 is 9.12. The average molecular weight is 419 g/mol. The second kappa shape index (κ2) is 7.82. The molecule has 4 rings (SSSR count). The van der Waals surface area contributed by atoms with Gasteiger partial charge in [0.25, 0.3) is 0 Å². The van der Waals surface area contributed by atoms with Crippen LogP contribution in [0.25, 0.3) is 17.1 Å². The fourth-order valence-corrected chi connectivity index (χ4v) is 3.07. The third-order valence-electron chi connectivity index (χ3n) is 4.76. The molecule has 0 atom stereocenters. The second-order valence-corrected chi connectivity index (χ2v) is 8.29. The summed E-state index contributed by atoms with van der Waals surface area (Å²) in [5.74, 6) is 2.32. The fourth-order valence-electron chi connectivity index (χ4n) is 3.07. The first-order valence-corrected chi connectivity index (χ1v) is 10.1. The molecule has 0 fully saturated rings. The third-order valence-corrected chi connectivity index (χ3v) is 4.76. The number of hydrogen-bond acceptors (Lipinski definition) is 6. The molecule has 0 amide bonds. The molecule has 0 aliphatic rings. The lowest BCUT2D eigenvalue weighted by molar-refractivity contribution is 0.472. The van der Waals surface area contributed by atoms with E-state index in [2.05, 4.69) is 25.1 Å². The predicted molar refractivity (Wildman–Crippen MR) is 117 cm³/mol. The number of hydrogen-bond donors (Lipinski definition) is 1. The highest BCUT2D eigenvalue weighted by Crippen LogP contribution is 2.28. The van der Waals surface area contributed by atoms with Gasteiger partial charge in [0.15, 0.2) is 5.82 Å². The van der Waals surface area contributed by atoms with Gasteiger partial charge in [0.1, 0.15) is 17.3 Å². The molecule has 4 heterocycles. The van der Waals surface area contributed by atoms with Crippen molar-refractivity contribution in [3.05, 3.63) is 64.9 Å². The third kappa shape index (κ3) is 4.25. The lowest BCUT2D eigenvalue weighted by Gasteiger charge is -2.13. The van der Waals surface area contributed by atoms with E-state index in [1.807, 2.05) is 53.1 Å². The largest absolute Gasteiger partial charge is 0.455 e. The molecular formula is C22H25N7O2. The number of nitrogens with one attached hydrogen (secondary N) is 1. The normalized spacial score (nSPS) is 11.6. The summed E-state index contributed by atoms with van der Waals surface area (Å²) in [4.78, 5) is 24.2. The molecule has 0 unspecified atom stereocenters. The highest BCUT2D eigenvalue weighted by atomic mass is 16.5. The molecule has 1 N–H and O–H groups in total. The van der Waals surface area contributed by atoms with Crippen molar-refractivity contribution in [3.63, 3.8) is 0 Å². The Kier molecular flexibility index (Phi) is 5.18. The van der Waals surface area contributed by atoms with E-state index in [4.69, 9.17) is 4.74 Å². The number of aryl methyl sites for hydroxylation is 2. The van der Waals surface area contributed by atoms with Crippen LogP contribution in [0, 0.1) is 0 Å². The van der Waals surface area contributed by atoms with Crippen molar-refractivity contribution in [1.82, 2.24) is 34.5 Å². The first-order chi connectivity index (χ1) is 14.7. The zero-order valence-corrected chi connectivity index (χ0v) is 18.2. The summed E-state index contributed by atoms with van der Waals surface area (Å²) in [6, 6.07) is 7.19. The molecule has 9 nitrogen and oxygen atoms in total. The van der Waals surface area contributed by atoms with E-state index in [0.29, 0.717) is 29.6 Å². The zero-order valence-electron chi connectivity index (χ0n) is 18.2.